The molecular weight excluding hydrogens is 512 g/mol. The molecule has 0 heterocycles. The first-order valence-electron chi connectivity index (χ1n) is 15.6. The first kappa shape index (κ1) is 39.3. The maximum Gasteiger partial charge on any atom is 0.126 e. The highest BCUT2D eigenvalue weighted by atomic mass is 16.5. The molecule has 0 radical (unpaired) electrons. The molecule has 4 N–H and O–H groups in total. The van der Waals surface area contributed by atoms with E-state index in [1.54, 1.807) is 7.11 Å². The third kappa shape index (κ3) is 12.3. The summed E-state index contributed by atoms with van der Waals surface area (Å²) >= 11 is 0. The molecule has 0 aliphatic rings. The maximum absolute atomic E-state index is 5.76. The van der Waals surface area contributed by atoms with Crippen LogP contribution in [0.4, 0.5) is 0 Å². The minimum atomic E-state index is 0.106. The van der Waals surface area contributed by atoms with E-state index in [0.717, 1.165) is 30.7 Å². The number of nitrogens with two attached hydrogens (primary N) is 2. The number of benzene rings is 2. The van der Waals surface area contributed by atoms with Crippen molar-refractivity contribution in [2.45, 2.75) is 144 Å². The van der Waals surface area contributed by atoms with E-state index in [1.165, 1.54) is 51.6 Å². The van der Waals surface area contributed by atoms with Gasteiger partial charge in [-0.3, -0.25) is 0 Å². The van der Waals surface area contributed by atoms with Crippen LogP contribution in [-0.4, -0.2) is 7.11 Å². The monoisotopic (exact) mass is 579 g/mol. The van der Waals surface area contributed by atoms with Crippen LogP contribution in [0.15, 0.2) is 49.3 Å². The van der Waals surface area contributed by atoms with Crippen molar-refractivity contribution in [2.75, 3.05) is 7.11 Å². The highest BCUT2D eigenvalue weighted by Crippen LogP contribution is 2.41. The van der Waals surface area contributed by atoms with Gasteiger partial charge in [0.1, 0.15) is 5.75 Å². The first-order chi connectivity index (χ1) is 18.9. The number of allylic oxidation sites excluding steroid dienone is 1. The number of aryl methyl sites for hydroxylation is 2. The molecule has 0 aliphatic carbocycles. The second kappa shape index (κ2) is 15.7. The molecule has 0 saturated carbocycles. The van der Waals surface area contributed by atoms with Crippen molar-refractivity contribution >= 4 is 0 Å². The lowest BCUT2D eigenvalue weighted by atomic mass is 9.75. The molecule has 0 aromatic heterocycles. The van der Waals surface area contributed by atoms with Crippen molar-refractivity contribution in [3.8, 4) is 5.75 Å². The fraction of sp³-hybridized carbons (Fsp3) is 0.590. The topological polar surface area (TPSA) is 61.3 Å². The lowest BCUT2D eigenvalue weighted by Gasteiger charge is -2.30. The Labute approximate surface area is 261 Å². The van der Waals surface area contributed by atoms with Crippen LogP contribution in [0.5, 0.6) is 5.75 Å². The predicted molar refractivity (Wildman–Crippen MR) is 189 cm³/mol. The summed E-state index contributed by atoms with van der Waals surface area (Å²) in [4.78, 5) is 0. The van der Waals surface area contributed by atoms with Gasteiger partial charge in [-0.1, -0.05) is 134 Å². The minimum Gasteiger partial charge on any atom is -0.496 e. The Balaban J connectivity index is 0.000000732. The van der Waals surface area contributed by atoms with Crippen LogP contribution in [0, 0.1) is 6.92 Å². The second-order valence-corrected chi connectivity index (χ2v) is 15.7. The van der Waals surface area contributed by atoms with Gasteiger partial charge in [0.05, 0.1) is 7.11 Å². The van der Waals surface area contributed by atoms with Crippen LogP contribution in [-0.2, 0) is 34.5 Å². The maximum atomic E-state index is 5.76. The van der Waals surface area contributed by atoms with Crippen LogP contribution in [0.25, 0.3) is 0 Å². The molecule has 2 aromatic carbocycles. The van der Waals surface area contributed by atoms with Gasteiger partial charge in [0.2, 0.25) is 0 Å². The minimum absolute atomic E-state index is 0.106. The van der Waals surface area contributed by atoms with Gasteiger partial charge in [0.15, 0.2) is 0 Å². The molecule has 0 amide bonds. The third-order valence-electron chi connectivity index (χ3n) is 7.33. The van der Waals surface area contributed by atoms with E-state index in [4.69, 9.17) is 10.5 Å². The standard InChI is InChI=1S/C19H31N.C18H30O.C2H5N/c1-13(20)9-10-15-11-16(18(3,4)5)14(2)17(12-15)19(6,7)8;1-9-10-13-11-14(17(2,3)4)16(19-8)15(12-13)18(5,6)7;1-2-3/h11-12H,1,9-10,20H2,2-8H3;11-12H,9-10H2,1-8H3;2H,1,3H2. The van der Waals surface area contributed by atoms with Gasteiger partial charge in [-0.25, -0.2) is 0 Å². The van der Waals surface area contributed by atoms with Crippen molar-refractivity contribution < 1.29 is 4.74 Å². The normalized spacial score (nSPS) is 12.0. The van der Waals surface area contributed by atoms with Gasteiger partial charge in [0, 0.05) is 16.8 Å². The van der Waals surface area contributed by atoms with E-state index in [2.05, 4.69) is 140 Å². The average Bonchev–Trinajstić information content (AvgIpc) is 2.81. The Morgan fingerprint density at radius 1 is 0.714 bits per heavy atom. The van der Waals surface area contributed by atoms with Crippen LogP contribution >= 0.6 is 0 Å². The van der Waals surface area contributed by atoms with Crippen molar-refractivity contribution in [1.29, 1.82) is 0 Å². The van der Waals surface area contributed by atoms with E-state index in [1.807, 2.05) is 0 Å². The Morgan fingerprint density at radius 2 is 1.02 bits per heavy atom. The molecule has 2 aromatic rings. The largest absolute Gasteiger partial charge is 0.496 e. The summed E-state index contributed by atoms with van der Waals surface area (Å²) in [5.41, 5.74) is 21.4. The molecule has 238 valence electrons. The van der Waals surface area contributed by atoms with Gasteiger partial charge >= 0.3 is 0 Å². The fourth-order valence-electron chi connectivity index (χ4n) is 5.24. The highest BCUT2D eigenvalue weighted by molar-refractivity contribution is 5.51. The second-order valence-electron chi connectivity index (χ2n) is 15.7. The van der Waals surface area contributed by atoms with Crippen molar-refractivity contribution in [3.05, 3.63) is 88.3 Å². The number of ether oxygens (including phenoxy) is 1. The summed E-state index contributed by atoms with van der Waals surface area (Å²) in [7, 11) is 1.79. The van der Waals surface area contributed by atoms with E-state index in [0.29, 0.717) is 0 Å². The van der Waals surface area contributed by atoms with Crippen LogP contribution in [0.1, 0.15) is 142 Å². The van der Waals surface area contributed by atoms with Gasteiger partial charge < -0.3 is 16.2 Å². The average molecular weight is 579 g/mol. The summed E-state index contributed by atoms with van der Waals surface area (Å²) in [6.45, 7) is 38.7. The van der Waals surface area contributed by atoms with Gasteiger partial charge in [-0.05, 0) is 81.9 Å². The fourth-order valence-corrected chi connectivity index (χ4v) is 5.24. The predicted octanol–water partition coefficient (Wildman–Crippen LogP) is 10.3. The van der Waals surface area contributed by atoms with Crippen molar-refractivity contribution in [3.63, 3.8) is 0 Å². The number of hydrogen-bond donors (Lipinski definition) is 2. The van der Waals surface area contributed by atoms with E-state index < -0.39 is 0 Å². The lowest BCUT2D eigenvalue weighted by molar-refractivity contribution is 0.381. The quantitative estimate of drug-likeness (QED) is 0.358. The molecule has 0 fully saturated rings. The van der Waals surface area contributed by atoms with Gasteiger partial charge in [0.25, 0.3) is 0 Å². The number of hydrogen-bond acceptors (Lipinski definition) is 3. The van der Waals surface area contributed by atoms with Crippen LogP contribution in [0.3, 0.4) is 0 Å². The Hall–Kier alpha value is -2.68. The van der Waals surface area contributed by atoms with Gasteiger partial charge in [-0.2, -0.15) is 0 Å². The lowest BCUT2D eigenvalue weighted by Crippen LogP contribution is -2.20. The zero-order chi connectivity index (χ0) is 33.3. The van der Waals surface area contributed by atoms with E-state index >= 15 is 0 Å². The molecule has 0 unspecified atom stereocenters. The molecule has 0 aliphatic heterocycles. The number of methoxy groups -OCH3 is 1. The Bertz CT molecular complexity index is 1090. The van der Waals surface area contributed by atoms with E-state index in [-0.39, 0.29) is 21.7 Å². The molecule has 42 heavy (non-hydrogen) atoms. The molecule has 3 heteroatoms. The highest BCUT2D eigenvalue weighted by Gasteiger charge is 2.27. The summed E-state index contributed by atoms with van der Waals surface area (Å²) in [5.74, 6) is 1.07. The molecular formula is C39H66N2O. The van der Waals surface area contributed by atoms with Crippen molar-refractivity contribution in [2.24, 2.45) is 11.5 Å². The molecule has 0 bridgehead atoms. The molecule has 0 saturated heterocycles. The molecule has 2 rings (SSSR count). The summed E-state index contributed by atoms with van der Waals surface area (Å²) in [5, 5.41) is 0. The Kier molecular flexibility index (Phi) is 14.7. The van der Waals surface area contributed by atoms with Crippen molar-refractivity contribution in [1.82, 2.24) is 0 Å². The molecule has 0 spiro atoms. The van der Waals surface area contributed by atoms with Gasteiger partial charge in [-0.15, -0.1) is 0 Å². The summed E-state index contributed by atoms with van der Waals surface area (Å²) in [6, 6.07) is 9.37. The summed E-state index contributed by atoms with van der Waals surface area (Å²) in [6.07, 6.45) is 5.40. The third-order valence-corrected chi connectivity index (χ3v) is 7.33. The molecule has 0 atom stereocenters. The van der Waals surface area contributed by atoms with Crippen LogP contribution in [0.2, 0.25) is 0 Å². The zero-order valence-electron chi connectivity index (χ0n) is 30.2. The number of rotatable bonds is 6. The smallest absolute Gasteiger partial charge is 0.126 e. The summed E-state index contributed by atoms with van der Waals surface area (Å²) < 4.78 is 5.76. The Morgan fingerprint density at radius 3 is 1.29 bits per heavy atom. The zero-order valence-corrected chi connectivity index (χ0v) is 30.2. The molecule has 3 nitrogen and oxygen atoms in total. The SMILES string of the molecule is C=C(N)CCc1cc(C(C)(C)C)c(C)c(C(C)(C)C)c1.C=CN.CCCc1cc(C(C)(C)C)c(OC)c(C(C)(C)C)c1. The first-order valence-corrected chi connectivity index (χ1v) is 15.6. The van der Waals surface area contributed by atoms with Crippen LogP contribution < -0.4 is 16.2 Å². The van der Waals surface area contributed by atoms with E-state index in [9.17, 15) is 0 Å².